The molecule has 0 aliphatic heterocycles. The van der Waals surface area contributed by atoms with Crippen LogP contribution in [0.4, 0.5) is 0 Å². The average molecular weight is 445 g/mol. The van der Waals surface area contributed by atoms with Crippen molar-refractivity contribution in [3.63, 3.8) is 0 Å². The summed E-state index contributed by atoms with van der Waals surface area (Å²) in [4.78, 5) is 11.1. The number of aldehydes is 1. The Kier molecular flexibility index (Phi) is 6.05. The summed E-state index contributed by atoms with van der Waals surface area (Å²) in [6.07, 6.45) is 0.755. The molecule has 0 amide bonds. The summed E-state index contributed by atoms with van der Waals surface area (Å²) in [5.74, 6) is 2.28. The van der Waals surface area contributed by atoms with Crippen molar-refractivity contribution in [3.8, 4) is 23.0 Å². The molecule has 32 heavy (non-hydrogen) atoms. The predicted octanol–water partition coefficient (Wildman–Crippen LogP) is 6.22. The number of hydrogen-bond donors (Lipinski definition) is 0. The second kappa shape index (κ2) is 9.08. The van der Waals surface area contributed by atoms with Gasteiger partial charge in [0.15, 0.2) is 0 Å². The van der Waals surface area contributed by atoms with Crippen molar-refractivity contribution in [2.45, 2.75) is 16.7 Å². The Morgan fingerprint density at radius 2 is 0.906 bits per heavy atom. The number of sulfone groups is 1. The van der Waals surface area contributed by atoms with E-state index in [-0.39, 0.29) is 9.79 Å². The highest BCUT2D eigenvalue weighted by Gasteiger charge is 2.18. The molecule has 0 N–H and O–H groups in total. The fourth-order valence-corrected chi connectivity index (χ4v) is 4.26. The van der Waals surface area contributed by atoms with E-state index in [4.69, 9.17) is 9.47 Å². The molecule has 0 bridgehead atoms. The number of carbonyl (C=O) groups excluding carboxylic acids is 1. The molecular weight excluding hydrogens is 424 g/mol. The molecule has 0 radical (unpaired) electrons. The molecule has 5 nitrogen and oxygen atoms in total. The summed E-state index contributed by atoms with van der Waals surface area (Å²) >= 11 is 0. The van der Waals surface area contributed by atoms with Gasteiger partial charge in [0.1, 0.15) is 29.3 Å². The van der Waals surface area contributed by atoms with Crippen molar-refractivity contribution >= 4 is 16.1 Å². The SMILES string of the molecule is Cc1ccc(Oc2ccc(S(=O)(=O)c3ccc(Oc4ccc(C=O)cc4)cc3)cc2)cc1. The summed E-state index contributed by atoms with van der Waals surface area (Å²) in [6, 6.07) is 26.8. The van der Waals surface area contributed by atoms with Crippen LogP contribution in [0.1, 0.15) is 15.9 Å². The van der Waals surface area contributed by atoms with E-state index in [2.05, 4.69) is 0 Å². The number of carbonyl (C=O) groups is 1. The minimum atomic E-state index is -3.68. The van der Waals surface area contributed by atoms with E-state index in [0.29, 0.717) is 28.6 Å². The first kappa shape index (κ1) is 21.3. The molecule has 0 aliphatic rings. The van der Waals surface area contributed by atoms with Crippen molar-refractivity contribution < 1.29 is 22.7 Å². The lowest BCUT2D eigenvalue weighted by Gasteiger charge is -2.09. The Bertz CT molecular complexity index is 1310. The molecule has 0 atom stereocenters. The van der Waals surface area contributed by atoms with Crippen LogP contribution < -0.4 is 9.47 Å². The summed E-state index contributed by atoms with van der Waals surface area (Å²) in [5, 5.41) is 0. The van der Waals surface area contributed by atoms with Crippen LogP contribution in [-0.2, 0) is 9.84 Å². The van der Waals surface area contributed by atoms with Crippen molar-refractivity contribution in [1.29, 1.82) is 0 Å². The highest BCUT2D eigenvalue weighted by molar-refractivity contribution is 7.91. The summed E-state index contributed by atoms with van der Waals surface area (Å²) < 4.78 is 37.4. The van der Waals surface area contributed by atoms with Gasteiger partial charge in [-0.1, -0.05) is 17.7 Å². The molecule has 4 aromatic rings. The predicted molar refractivity (Wildman–Crippen MR) is 121 cm³/mol. The van der Waals surface area contributed by atoms with Gasteiger partial charge in [-0.15, -0.1) is 0 Å². The van der Waals surface area contributed by atoms with Gasteiger partial charge < -0.3 is 9.47 Å². The van der Waals surface area contributed by atoms with Crippen molar-refractivity contribution in [2.75, 3.05) is 0 Å². The van der Waals surface area contributed by atoms with E-state index in [1.807, 2.05) is 31.2 Å². The quantitative estimate of drug-likeness (QED) is 0.316. The third-order valence-corrected chi connectivity index (χ3v) is 6.56. The largest absolute Gasteiger partial charge is 0.457 e. The highest BCUT2D eigenvalue weighted by atomic mass is 32.2. The molecule has 0 aliphatic carbocycles. The number of rotatable bonds is 7. The van der Waals surface area contributed by atoms with Gasteiger partial charge in [0.05, 0.1) is 9.79 Å². The normalized spacial score (nSPS) is 11.0. The van der Waals surface area contributed by atoms with Crippen LogP contribution in [0.2, 0.25) is 0 Å². The van der Waals surface area contributed by atoms with Crippen LogP contribution in [0.3, 0.4) is 0 Å². The van der Waals surface area contributed by atoms with E-state index in [9.17, 15) is 13.2 Å². The van der Waals surface area contributed by atoms with Gasteiger partial charge in [0.25, 0.3) is 0 Å². The molecule has 0 saturated carbocycles. The minimum absolute atomic E-state index is 0.161. The standard InChI is InChI=1S/C26H20O5S/c1-19-2-6-21(7-3-19)30-23-10-14-25(15-11-23)32(28,29)26-16-12-24(13-17-26)31-22-8-4-20(18-27)5-9-22/h2-18H,1H3. The summed E-state index contributed by atoms with van der Waals surface area (Å²) in [6.45, 7) is 1.99. The molecule has 6 heteroatoms. The van der Waals surface area contributed by atoms with Gasteiger partial charge in [-0.25, -0.2) is 8.42 Å². The molecule has 0 fully saturated rings. The first-order chi connectivity index (χ1) is 15.4. The number of hydrogen-bond acceptors (Lipinski definition) is 5. The monoisotopic (exact) mass is 444 g/mol. The van der Waals surface area contributed by atoms with Gasteiger partial charge in [0.2, 0.25) is 9.84 Å². The van der Waals surface area contributed by atoms with E-state index < -0.39 is 9.84 Å². The Labute approximate surface area is 186 Å². The van der Waals surface area contributed by atoms with Crippen LogP contribution in [0, 0.1) is 6.92 Å². The molecule has 0 heterocycles. The van der Waals surface area contributed by atoms with Crippen molar-refractivity contribution in [1.82, 2.24) is 0 Å². The Hall–Kier alpha value is -3.90. The van der Waals surface area contributed by atoms with Crippen LogP contribution >= 0.6 is 0 Å². The molecule has 0 saturated heterocycles. The molecule has 4 rings (SSSR count). The van der Waals surface area contributed by atoms with Crippen LogP contribution in [-0.4, -0.2) is 14.7 Å². The van der Waals surface area contributed by atoms with Crippen molar-refractivity contribution in [3.05, 3.63) is 108 Å². The van der Waals surface area contributed by atoms with Crippen LogP contribution in [0.5, 0.6) is 23.0 Å². The summed E-state index contributed by atoms with van der Waals surface area (Å²) in [7, 11) is -3.68. The van der Waals surface area contributed by atoms with E-state index in [1.54, 1.807) is 48.5 Å². The maximum atomic E-state index is 13.0. The average Bonchev–Trinajstić information content (AvgIpc) is 2.82. The minimum Gasteiger partial charge on any atom is -0.457 e. The Balaban J connectivity index is 1.47. The third kappa shape index (κ3) is 4.87. The molecule has 160 valence electrons. The Morgan fingerprint density at radius 3 is 1.28 bits per heavy atom. The topological polar surface area (TPSA) is 69.7 Å². The fourth-order valence-electron chi connectivity index (χ4n) is 3.00. The zero-order valence-electron chi connectivity index (χ0n) is 17.3. The van der Waals surface area contributed by atoms with Crippen LogP contribution in [0.25, 0.3) is 0 Å². The first-order valence-corrected chi connectivity index (χ1v) is 11.4. The van der Waals surface area contributed by atoms with E-state index in [0.717, 1.165) is 11.8 Å². The van der Waals surface area contributed by atoms with Gasteiger partial charge in [-0.05, 0) is 91.9 Å². The molecule has 0 spiro atoms. The number of aryl methyl sites for hydroxylation is 1. The van der Waals surface area contributed by atoms with Crippen molar-refractivity contribution in [2.24, 2.45) is 0 Å². The van der Waals surface area contributed by atoms with E-state index in [1.165, 1.54) is 24.3 Å². The first-order valence-electron chi connectivity index (χ1n) is 9.87. The van der Waals surface area contributed by atoms with Gasteiger partial charge in [-0.3, -0.25) is 4.79 Å². The zero-order valence-corrected chi connectivity index (χ0v) is 18.1. The second-order valence-electron chi connectivity index (χ2n) is 7.15. The maximum Gasteiger partial charge on any atom is 0.206 e. The third-order valence-electron chi connectivity index (χ3n) is 4.78. The smallest absolute Gasteiger partial charge is 0.206 e. The van der Waals surface area contributed by atoms with Crippen LogP contribution in [0.15, 0.2) is 107 Å². The Morgan fingerprint density at radius 1 is 0.562 bits per heavy atom. The molecular formula is C26H20O5S. The number of benzene rings is 4. The highest BCUT2D eigenvalue weighted by Crippen LogP contribution is 2.28. The lowest BCUT2D eigenvalue weighted by atomic mass is 10.2. The summed E-state index contributed by atoms with van der Waals surface area (Å²) in [5.41, 5.74) is 1.68. The molecule has 0 unspecified atom stereocenters. The maximum absolute atomic E-state index is 13.0. The second-order valence-corrected chi connectivity index (χ2v) is 9.10. The van der Waals surface area contributed by atoms with Gasteiger partial charge >= 0.3 is 0 Å². The molecule has 0 aromatic heterocycles. The lowest BCUT2D eigenvalue weighted by molar-refractivity contribution is 0.112. The fraction of sp³-hybridized carbons (Fsp3) is 0.0385. The molecule has 4 aromatic carbocycles. The zero-order chi connectivity index (χ0) is 22.6. The van der Waals surface area contributed by atoms with Gasteiger partial charge in [-0.2, -0.15) is 0 Å². The lowest BCUT2D eigenvalue weighted by Crippen LogP contribution is -2.01. The van der Waals surface area contributed by atoms with E-state index >= 15 is 0 Å². The number of ether oxygens (including phenoxy) is 2. The van der Waals surface area contributed by atoms with Gasteiger partial charge in [0, 0.05) is 5.56 Å².